The molecule has 0 amide bonds. The van der Waals surface area contributed by atoms with Crippen molar-refractivity contribution in [2.24, 2.45) is 0 Å². The van der Waals surface area contributed by atoms with Gasteiger partial charge in [-0.3, -0.25) is 0 Å². The second-order valence-corrected chi connectivity index (χ2v) is 7.87. The number of rotatable bonds is 6. The molecule has 0 spiro atoms. The Labute approximate surface area is 151 Å². The summed E-state index contributed by atoms with van der Waals surface area (Å²) in [6.07, 6.45) is 0.197. The molecule has 1 atom stereocenters. The normalized spacial score (nSPS) is 18.0. The number of halogens is 1. The molecule has 26 heavy (non-hydrogen) atoms. The van der Waals surface area contributed by atoms with E-state index in [4.69, 9.17) is 9.47 Å². The Bertz CT molecular complexity index is 874. The number of sulfonamides is 1. The van der Waals surface area contributed by atoms with Gasteiger partial charge in [0.15, 0.2) is 11.6 Å². The second-order valence-electron chi connectivity index (χ2n) is 5.93. The lowest BCUT2D eigenvalue weighted by molar-refractivity contribution is 0.204. The first-order valence-electron chi connectivity index (χ1n) is 8.29. The molecule has 3 rings (SSSR count). The van der Waals surface area contributed by atoms with Crippen molar-refractivity contribution in [2.75, 3.05) is 19.7 Å². The molecule has 1 fully saturated rings. The van der Waals surface area contributed by atoms with Crippen LogP contribution in [-0.2, 0) is 10.0 Å². The highest BCUT2D eigenvalue weighted by molar-refractivity contribution is 7.89. The lowest BCUT2D eigenvalue weighted by atomic mass is 10.3. The second kappa shape index (κ2) is 7.55. The van der Waals surface area contributed by atoms with Gasteiger partial charge in [-0.15, -0.1) is 5.10 Å². The van der Waals surface area contributed by atoms with Gasteiger partial charge in [-0.2, -0.15) is 9.40 Å². The minimum absolute atomic E-state index is 0.0343. The monoisotopic (exact) mass is 381 g/mol. The summed E-state index contributed by atoms with van der Waals surface area (Å²) in [5, 5.41) is 7.83. The fourth-order valence-electron chi connectivity index (χ4n) is 2.70. The molecule has 0 bridgehead atoms. The molecule has 1 aromatic heterocycles. The molecule has 1 aliphatic rings. The predicted molar refractivity (Wildman–Crippen MR) is 92.1 cm³/mol. The molecule has 0 saturated carbocycles. The topological polar surface area (TPSA) is 81.6 Å². The zero-order valence-electron chi connectivity index (χ0n) is 14.6. The van der Waals surface area contributed by atoms with Gasteiger partial charge in [-0.1, -0.05) is 0 Å². The van der Waals surface area contributed by atoms with E-state index in [-0.39, 0.29) is 23.3 Å². The van der Waals surface area contributed by atoms with Gasteiger partial charge in [0.1, 0.15) is 6.10 Å². The first-order valence-corrected chi connectivity index (χ1v) is 9.73. The van der Waals surface area contributed by atoms with Crippen molar-refractivity contribution < 1.29 is 22.3 Å². The first kappa shape index (κ1) is 18.5. The number of aryl methyl sites for hydroxylation is 1. The molecule has 1 unspecified atom stereocenters. The van der Waals surface area contributed by atoms with Crippen molar-refractivity contribution in [1.29, 1.82) is 0 Å². The molecule has 1 aliphatic heterocycles. The van der Waals surface area contributed by atoms with E-state index in [0.717, 1.165) is 11.8 Å². The maximum Gasteiger partial charge on any atom is 0.243 e. The van der Waals surface area contributed by atoms with Crippen LogP contribution < -0.4 is 9.47 Å². The quantitative estimate of drug-likeness (QED) is 0.763. The van der Waals surface area contributed by atoms with E-state index in [1.165, 1.54) is 16.4 Å². The van der Waals surface area contributed by atoms with Gasteiger partial charge < -0.3 is 9.47 Å². The average Bonchev–Trinajstić information content (AvgIpc) is 3.08. The summed E-state index contributed by atoms with van der Waals surface area (Å²) in [6, 6.07) is 7.14. The van der Waals surface area contributed by atoms with Gasteiger partial charge in [-0.05, 0) is 44.5 Å². The van der Waals surface area contributed by atoms with E-state index in [9.17, 15) is 12.8 Å². The van der Waals surface area contributed by atoms with Gasteiger partial charge in [0.05, 0.1) is 23.7 Å². The highest BCUT2D eigenvalue weighted by Gasteiger charge is 2.34. The van der Waals surface area contributed by atoms with Crippen LogP contribution in [0.25, 0.3) is 0 Å². The maximum absolute atomic E-state index is 14.0. The van der Waals surface area contributed by atoms with Crippen LogP contribution in [0.3, 0.4) is 0 Å². The smallest absolute Gasteiger partial charge is 0.243 e. The molecule has 0 aliphatic carbocycles. The summed E-state index contributed by atoms with van der Waals surface area (Å²) in [5.74, 6) is -0.311. The van der Waals surface area contributed by atoms with Crippen LogP contribution in [0.5, 0.6) is 11.6 Å². The molecular weight excluding hydrogens is 361 g/mol. The van der Waals surface area contributed by atoms with E-state index in [0.29, 0.717) is 25.5 Å². The number of hydrogen-bond acceptors (Lipinski definition) is 6. The molecule has 1 saturated heterocycles. The fourth-order valence-corrected chi connectivity index (χ4v) is 4.19. The zero-order chi connectivity index (χ0) is 18.7. The molecule has 0 N–H and O–H groups in total. The van der Waals surface area contributed by atoms with Gasteiger partial charge >= 0.3 is 0 Å². The summed E-state index contributed by atoms with van der Waals surface area (Å²) in [7, 11) is -3.80. The summed E-state index contributed by atoms with van der Waals surface area (Å²) in [5.41, 5.74) is 0.769. The number of hydrogen-bond donors (Lipinski definition) is 0. The number of ether oxygens (including phenoxy) is 2. The molecule has 140 valence electrons. The standard InChI is InChI=1S/C17H20FN3O4S/c1-3-24-16-6-5-14(10-15(16)18)26(22,23)21-9-8-13(11-21)25-17-7-4-12(2)19-20-17/h4-7,10,13H,3,8-9,11H2,1-2H3. The number of aromatic nitrogens is 2. The average molecular weight is 381 g/mol. The van der Waals surface area contributed by atoms with E-state index in [2.05, 4.69) is 10.2 Å². The Morgan fingerprint density at radius 2 is 2.08 bits per heavy atom. The van der Waals surface area contributed by atoms with Crippen molar-refractivity contribution in [1.82, 2.24) is 14.5 Å². The Morgan fingerprint density at radius 1 is 1.27 bits per heavy atom. The van der Waals surface area contributed by atoms with Gasteiger partial charge in [0, 0.05) is 12.6 Å². The molecule has 1 aromatic carbocycles. The number of benzene rings is 1. The van der Waals surface area contributed by atoms with E-state index >= 15 is 0 Å². The van der Waals surface area contributed by atoms with Crippen molar-refractivity contribution in [2.45, 2.75) is 31.3 Å². The summed E-state index contributed by atoms with van der Waals surface area (Å²) in [4.78, 5) is -0.103. The lowest BCUT2D eigenvalue weighted by Gasteiger charge is -2.17. The summed E-state index contributed by atoms with van der Waals surface area (Å²) in [6.45, 7) is 4.31. The largest absolute Gasteiger partial charge is 0.491 e. The van der Waals surface area contributed by atoms with Crippen LogP contribution >= 0.6 is 0 Å². The fraction of sp³-hybridized carbons (Fsp3) is 0.412. The van der Waals surface area contributed by atoms with Crippen LogP contribution in [0.1, 0.15) is 19.0 Å². The summed E-state index contributed by atoms with van der Waals surface area (Å²) >= 11 is 0. The van der Waals surface area contributed by atoms with Crippen LogP contribution in [0.15, 0.2) is 35.2 Å². The third-order valence-electron chi connectivity index (χ3n) is 4.01. The molecule has 9 heteroatoms. The third kappa shape index (κ3) is 3.94. The van der Waals surface area contributed by atoms with E-state index < -0.39 is 15.8 Å². The zero-order valence-corrected chi connectivity index (χ0v) is 15.4. The molecule has 7 nitrogen and oxygen atoms in total. The van der Waals surface area contributed by atoms with Crippen LogP contribution in [0, 0.1) is 12.7 Å². The minimum atomic E-state index is -3.80. The number of nitrogens with zero attached hydrogens (tertiary/aromatic N) is 3. The van der Waals surface area contributed by atoms with Crippen LogP contribution in [-0.4, -0.2) is 48.7 Å². The molecule has 2 aromatic rings. The van der Waals surface area contributed by atoms with Crippen molar-refractivity contribution in [3.8, 4) is 11.6 Å². The Morgan fingerprint density at radius 3 is 2.73 bits per heavy atom. The van der Waals surface area contributed by atoms with Gasteiger partial charge in [0.25, 0.3) is 0 Å². The van der Waals surface area contributed by atoms with Crippen LogP contribution in [0.2, 0.25) is 0 Å². The summed E-state index contributed by atoms with van der Waals surface area (Å²) < 4.78 is 51.6. The van der Waals surface area contributed by atoms with E-state index in [1.807, 2.05) is 6.92 Å². The van der Waals surface area contributed by atoms with Crippen molar-refractivity contribution in [3.05, 3.63) is 41.8 Å². The third-order valence-corrected chi connectivity index (χ3v) is 5.87. The van der Waals surface area contributed by atoms with Crippen molar-refractivity contribution in [3.63, 3.8) is 0 Å². The van der Waals surface area contributed by atoms with E-state index in [1.54, 1.807) is 19.1 Å². The minimum Gasteiger partial charge on any atom is -0.491 e. The van der Waals surface area contributed by atoms with Crippen molar-refractivity contribution >= 4 is 10.0 Å². The van der Waals surface area contributed by atoms with Gasteiger partial charge in [-0.25, -0.2) is 12.8 Å². The highest BCUT2D eigenvalue weighted by Crippen LogP contribution is 2.26. The Kier molecular flexibility index (Phi) is 5.38. The van der Waals surface area contributed by atoms with Gasteiger partial charge in [0.2, 0.25) is 15.9 Å². The molecule has 2 heterocycles. The maximum atomic E-state index is 14.0. The SMILES string of the molecule is CCOc1ccc(S(=O)(=O)N2CCC(Oc3ccc(C)nn3)C2)cc1F. The predicted octanol–water partition coefficient (Wildman–Crippen LogP) is 2.16. The molecular formula is C17H20FN3O4S. The highest BCUT2D eigenvalue weighted by atomic mass is 32.2. The first-order chi connectivity index (χ1) is 12.4. The molecule has 0 radical (unpaired) electrons. The lowest BCUT2D eigenvalue weighted by Crippen LogP contribution is -2.31. The Balaban J connectivity index is 1.70. The van der Waals surface area contributed by atoms with Crippen LogP contribution in [0.4, 0.5) is 4.39 Å². The Hall–Kier alpha value is -2.26.